The molecule has 3 N–H and O–H groups in total. The molecule has 2 fully saturated rings. The van der Waals surface area contributed by atoms with E-state index in [-0.39, 0.29) is 17.9 Å². The average molecular weight is 355 g/mol. The number of nitrogens with two attached hydrogens (primary N) is 1. The molecule has 1 saturated carbocycles. The maximum Gasteiger partial charge on any atom is 0.252 e. The van der Waals surface area contributed by atoms with Gasteiger partial charge in [0.2, 0.25) is 11.8 Å². The third-order valence-corrected chi connectivity index (χ3v) is 5.49. The number of carbonyl (C=O) groups excluding carboxylic acids is 2. The normalized spacial score (nSPS) is 23.9. The van der Waals surface area contributed by atoms with Crippen LogP contribution < -0.4 is 20.5 Å². The smallest absolute Gasteiger partial charge is 0.252 e. The molecule has 2 amide bonds. The van der Waals surface area contributed by atoms with Gasteiger partial charge in [0.1, 0.15) is 5.75 Å². The lowest BCUT2D eigenvalue weighted by Gasteiger charge is -2.30. The van der Waals surface area contributed by atoms with Crippen LogP contribution in [0.25, 0.3) is 10.8 Å². The number of methoxy groups -OCH3 is 1. The average Bonchev–Trinajstić information content (AvgIpc) is 2.80. The number of primary amides is 1. The summed E-state index contributed by atoms with van der Waals surface area (Å²) in [6.07, 6.45) is 4.49. The van der Waals surface area contributed by atoms with Crippen molar-refractivity contribution in [2.45, 2.75) is 25.3 Å². The van der Waals surface area contributed by atoms with Gasteiger partial charge < -0.3 is 20.5 Å². The number of rotatable bonds is 6. The number of carbonyl (C=O) groups is 2. The van der Waals surface area contributed by atoms with E-state index in [0.717, 1.165) is 30.0 Å². The summed E-state index contributed by atoms with van der Waals surface area (Å²) in [6, 6.07) is 5.38. The van der Waals surface area contributed by atoms with E-state index >= 15 is 0 Å². The fourth-order valence-electron chi connectivity index (χ4n) is 3.95. The molecule has 1 saturated heterocycles. The Balaban J connectivity index is 1.51. The van der Waals surface area contributed by atoms with Crippen LogP contribution in [0, 0.1) is 11.8 Å². The Hall–Kier alpha value is -2.83. The van der Waals surface area contributed by atoms with E-state index in [1.807, 2.05) is 0 Å². The molecule has 7 nitrogen and oxygen atoms in total. The maximum atomic E-state index is 11.8. The lowest BCUT2D eigenvalue weighted by atomic mass is 9.72. The first-order valence-corrected chi connectivity index (χ1v) is 8.78. The van der Waals surface area contributed by atoms with Crippen molar-refractivity contribution in [1.29, 1.82) is 0 Å². The summed E-state index contributed by atoms with van der Waals surface area (Å²) in [7, 11) is 1.49. The molecular formula is C19H21N3O4. The summed E-state index contributed by atoms with van der Waals surface area (Å²) in [5, 5.41) is 4.63. The van der Waals surface area contributed by atoms with Gasteiger partial charge in [-0.25, -0.2) is 4.98 Å². The lowest BCUT2D eigenvalue weighted by Crippen LogP contribution is -2.33. The number of aromatic nitrogens is 1. The number of fused-ring (bicyclic) bond motifs is 2. The Kier molecular flexibility index (Phi) is 4.14. The number of pyridine rings is 1. The van der Waals surface area contributed by atoms with Crippen LogP contribution in [-0.4, -0.2) is 36.6 Å². The first-order valence-electron chi connectivity index (χ1n) is 8.78. The van der Waals surface area contributed by atoms with Crippen molar-refractivity contribution in [2.24, 2.45) is 17.6 Å². The highest BCUT2D eigenvalue weighted by atomic mass is 16.5. The minimum absolute atomic E-state index is 0.179. The van der Waals surface area contributed by atoms with Crippen LogP contribution in [0.4, 0.5) is 0 Å². The minimum atomic E-state index is -0.546. The summed E-state index contributed by atoms with van der Waals surface area (Å²) >= 11 is 0. The van der Waals surface area contributed by atoms with Gasteiger partial charge in [-0.15, -0.1) is 0 Å². The quantitative estimate of drug-likeness (QED) is 0.820. The van der Waals surface area contributed by atoms with E-state index in [4.69, 9.17) is 15.2 Å². The first kappa shape index (κ1) is 16.6. The second kappa shape index (κ2) is 6.48. The molecule has 1 aromatic heterocycles. The molecule has 136 valence electrons. The molecule has 3 atom stereocenters. The van der Waals surface area contributed by atoms with Gasteiger partial charge in [-0.3, -0.25) is 9.59 Å². The van der Waals surface area contributed by atoms with Crippen molar-refractivity contribution < 1.29 is 19.1 Å². The molecule has 4 rings (SSSR count). The standard InChI is InChI=1S/C19H21N3O4/c1-25-16-9-13-10(8-14(16)17(20)23)4-6-21-19(13)26-7-5-15-11-2-3-12(11)18(24)22-15/h4,6,8-9,11-12,15H,2-3,5,7H2,1H3,(H2,20,23)(H,22,24)/t11-,12+,15+/m0/s1. The Morgan fingerprint density at radius 3 is 2.88 bits per heavy atom. The van der Waals surface area contributed by atoms with E-state index in [1.165, 1.54) is 7.11 Å². The van der Waals surface area contributed by atoms with E-state index in [9.17, 15) is 9.59 Å². The number of nitrogens with zero attached hydrogens (tertiary/aromatic N) is 1. The maximum absolute atomic E-state index is 11.8. The zero-order chi connectivity index (χ0) is 18.3. The summed E-state index contributed by atoms with van der Waals surface area (Å²) in [5.41, 5.74) is 5.73. The Labute approximate surface area is 150 Å². The van der Waals surface area contributed by atoms with Gasteiger partial charge in [-0.2, -0.15) is 0 Å². The summed E-state index contributed by atoms with van der Waals surface area (Å²) in [6.45, 7) is 0.458. The SMILES string of the molecule is COc1cc2c(OCC[C@H]3NC(=O)[C@@H]4CC[C@H]34)nccc2cc1C(N)=O. The predicted molar refractivity (Wildman–Crippen MR) is 95.1 cm³/mol. The van der Waals surface area contributed by atoms with Gasteiger partial charge in [0, 0.05) is 30.0 Å². The molecule has 1 aromatic carbocycles. The van der Waals surface area contributed by atoms with Crippen molar-refractivity contribution in [3.8, 4) is 11.6 Å². The molecule has 26 heavy (non-hydrogen) atoms. The second-order valence-electron chi connectivity index (χ2n) is 6.85. The summed E-state index contributed by atoms with van der Waals surface area (Å²) in [4.78, 5) is 27.7. The van der Waals surface area contributed by atoms with Crippen LogP contribution in [0.5, 0.6) is 11.6 Å². The van der Waals surface area contributed by atoms with E-state index in [2.05, 4.69) is 10.3 Å². The Morgan fingerprint density at radius 2 is 2.23 bits per heavy atom. The number of amides is 2. The molecule has 0 unspecified atom stereocenters. The second-order valence-corrected chi connectivity index (χ2v) is 6.85. The molecule has 2 aromatic rings. The number of hydrogen-bond acceptors (Lipinski definition) is 5. The van der Waals surface area contributed by atoms with Crippen LogP contribution in [0.2, 0.25) is 0 Å². The third-order valence-electron chi connectivity index (χ3n) is 5.49. The molecular weight excluding hydrogens is 334 g/mol. The highest BCUT2D eigenvalue weighted by Crippen LogP contribution is 2.42. The van der Waals surface area contributed by atoms with Crippen LogP contribution >= 0.6 is 0 Å². The Morgan fingerprint density at radius 1 is 1.38 bits per heavy atom. The Bertz CT molecular complexity index is 882. The molecule has 2 heterocycles. The van der Waals surface area contributed by atoms with Crippen LogP contribution in [0.15, 0.2) is 24.4 Å². The van der Waals surface area contributed by atoms with E-state index < -0.39 is 5.91 Å². The molecule has 0 radical (unpaired) electrons. The lowest BCUT2D eigenvalue weighted by molar-refractivity contribution is -0.124. The van der Waals surface area contributed by atoms with Crippen LogP contribution in [-0.2, 0) is 4.79 Å². The van der Waals surface area contributed by atoms with Crippen molar-refractivity contribution in [1.82, 2.24) is 10.3 Å². The predicted octanol–water partition coefficient (Wildman–Crippen LogP) is 1.64. The van der Waals surface area contributed by atoms with Crippen molar-refractivity contribution in [3.05, 3.63) is 30.0 Å². The minimum Gasteiger partial charge on any atom is -0.496 e. The number of benzene rings is 1. The van der Waals surface area contributed by atoms with E-state index in [1.54, 1.807) is 24.4 Å². The summed E-state index contributed by atoms with van der Waals surface area (Å²) < 4.78 is 11.2. The number of hydrogen-bond donors (Lipinski definition) is 2. The van der Waals surface area contributed by atoms with Crippen molar-refractivity contribution in [3.63, 3.8) is 0 Å². The summed E-state index contributed by atoms with van der Waals surface area (Å²) in [5.74, 6) is 1.15. The number of ether oxygens (including phenoxy) is 2. The van der Waals surface area contributed by atoms with Crippen LogP contribution in [0.3, 0.4) is 0 Å². The fourth-order valence-corrected chi connectivity index (χ4v) is 3.95. The van der Waals surface area contributed by atoms with Gasteiger partial charge in [0.05, 0.1) is 19.3 Å². The number of nitrogens with one attached hydrogen (secondary N) is 1. The van der Waals surface area contributed by atoms with E-state index in [0.29, 0.717) is 29.7 Å². The zero-order valence-corrected chi connectivity index (χ0v) is 14.5. The van der Waals surface area contributed by atoms with Gasteiger partial charge in [-0.1, -0.05) is 0 Å². The monoisotopic (exact) mass is 355 g/mol. The first-order chi connectivity index (χ1) is 12.6. The van der Waals surface area contributed by atoms with Crippen molar-refractivity contribution in [2.75, 3.05) is 13.7 Å². The third kappa shape index (κ3) is 2.73. The van der Waals surface area contributed by atoms with Gasteiger partial charge in [0.25, 0.3) is 5.91 Å². The zero-order valence-electron chi connectivity index (χ0n) is 14.5. The highest BCUT2D eigenvalue weighted by Gasteiger charge is 2.47. The molecule has 0 spiro atoms. The van der Waals surface area contributed by atoms with Gasteiger partial charge in [0.15, 0.2) is 0 Å². The molecule has 7 heteroatoms. The van der Waals surface area contributed by atoms with Gasteiger partial charge in [-0.05, 0) is 42.3 Å². The molecule has 1 aliphatic heterocycles. The molecule has 0 bridgehead atoms. The van der Waals surface area contributed by atoms with Crippen molar-refractivity contribution >= 4 is 22.6 Å². The highest BCUT2D eigenvalue weighted by molar-refractivity contribution is 6.01. The van der Waals surface area contributed by atoms with Gasteiger partial charge >= 0.3 is 0 Å². The molecule has 2 aliphatic rings. The largest absolute Gasteiger partial charge is 0.496 e. The molecule has 1 aliphatic carbocycles. The topological polar surface area (TPSA) is 104 Å². The fraction of sp³-hybridized carbons (Fsp3) is 0.421. The van der Waals surface area contributed by atoms with Crippen LogP contribution in [0.1, 0.15) is 29.6 Å².